The number of carbonyl (C=O) groups is 1. The van der Waals surface area contributed by atoms with Gasteiger partial charge >= 0.3 is 0 Å². The molecule has 1 aromatic heterocycles. The molecule has 33 heavy (non-hydrogen) atoms. The third kappa shape index (κ3) is 3.88. The summed E-state index contributed by atoms with van der Waals surface area (Å²) in [5, 5.41) is 0.263. The summed E-state index contributed by atoms with van der Waals surface area (Å²) in [6.07, 6.45) is -0.748. The van der Waals surface area contributed by atoms with Gasteiger partial charge in [-0.15, -0.1) is 0 Å². The van der Waals surface area contributed by atoms with E-state index < -0.39 is 20.2 Å². The Balaban J connectivity index is 1.32. The van der Waals surface area contributed by atoms with Crippen molar-refractivity contribution < 1.29 is 32.0 Å². The number of amides is 1. The molecule has 10 heteroatoms. The van der Waals surface area contributed by atoms with Crippen molar-refractivity contribution in [1.29, 1.82) is 0 Å². The van der Waals surface area contributed by atoms with Gasteiger partial charge in [-0.1, -0.05) is 12.1 Å². The predicted octanol–water partition coefficient (Wildman–Crippen LogP) is 1.72. The molecule has 172 valence electrons. The van der Waals surface area contributed by atoms with Crippen molar-refractivity contribution in [2.45, 2.75) is 6.10 Å². The molecule has 0 radical (unpaired) electrons. The SMILES string of the molecule is [2H]C([2H])([2H])Oc1cc2nc(N3CCN(C(=O)C4COc5ccccc5O4)CC3)nc(N)c2cc1OC([2H])([2H])[2H]. The molecule has 0 bridgehead atoms. The molecule has 1 fully saturated rings. The van der Waals surface area contributed by atoms with E-state index in [2.05, 4.69) is 9.97 Å². The van der Waals surface area contributed by atoms with Crippen molar-refractivity contribution in [1.82, 2.24) is 14.9 Å². The van der Waals surface area contributed by atoms with Crippen molar-refractivity contribution in [3.63, 3.8) is 0 Å². The van der Waals surface area contributed by atoms with Crippen LogP contribution in [0.4, 0.5) is 11.8 Å². The molecule has 3 aromatic rings. The molecule has 2 aromatic carbocycles. The zero-order chi connectivity index (χ0) is 27.9. The number of hydrogen-bond donors (Lipinski definition) is 1. The molecular weight excluding hydrogens is 426 g/mol. The van der Waals surface area contributed by atoms with Gasteiger partial charge in [0.15, 0.2) is 23.0 Å². The van der Waals surface area contributed by atoms with Gasteiger partial charge in [-0.3, -0.25) is 4.79 Å². The van der Waals surface area contributed by atoms with Crippen LogP contribution in [0, 0.1) is 0 Å². The molecule has 1 saturated heterocycles. The maximum Gasteiger partial charge on any atom is 0.267 e. The Hall–Kier alpha value is -3.95. The molecular formula is C23H25N5O5. The summed E-state index contributed by atoms with van der Waals surface area (Å²) < 4.78 is 65.8. The van der Waals surface area contributed by atoms with Crippen LogP contribution in [0.3, 0.4) is 0 Å². The molecule has 3 heterocycles. The lowest BCUT2D eigenvalue weighted by atomic mass is 10.2. The molecule has 2 aliphatic heterocycles. The van der Waals surface area contributed by atoms with Crippen LogP contribution in [0.25, 0.3) is 10.9 Å². The lowest BCUT2D eigenvalue weighted by Gasteiger charge is -2.37. The van der Waals surface area contributed by atoms with Gasteiger partial charge in [0.05, 0.1) is 27.8 Å². The predicted molar refractivity (Wildman–Crippen MR) is 122 cm³/mol. The van der Waals surface area contributed by atoms with Gasteiger partial charge in [0, 0.05) is 37.6 Å². The summed E-state index contributed by atoms with van der Waals surface area (Å²) in [6, 6.07) is 9.66. The van der Waals surface area contributed by atoms with E-state index >= 15 is 0 Å². The molecule has 1 unspecified atom stereocenters. The maximum absolute atomic E-state index is 13.1. The quantitative estimate of drug-likeness (QED) is 0.626. The van der Waals surface area contributed by atoms with Crippen molar-refractivity contribution in [2.24, 2.45) is 0 Å². The largest absolute Gasteiger partial charge is 0.493 e. The molecule has 0 spiro atoms. The minimum Gasteiger partial charge on any atom is -0.493 e. The van der Waals surface area contributed by atoms with Crippen molar-refractivity contribution in [2.75, 3.05) is 57.5 Å². The van der Waals surface area contributed by atoms with Crippen LogP contribution < -0.4 is 29.6 Å². The third-order valence-corrected chi connectivity index (χ3v) is 5.66. The second kappa shape index (κ2) is 8.53. The molecule has 0 aliphatic carbocycles. The zero-order valence-electron chi connectivity index (χ0n) is 23.5. The average Bonchev–Trinajstić information content (AvgIpc) is 2.87. The number of para-hydroxylation sites is 2. The number of benzene rings is 2. The number of methoxy groups -OCH3 is 2. The highest BCUT2D eigenvalue weighted by atomic mass is 16.6. The van der Waals surface area contributed by atoms with Gasteiger partial charge in [0.1, 0.15) is 12.4 Å². The number of ether oxygens (including phenoxy) is 4. The average molecular weight is 458 g/mol. The number of anilines is 2. The number of rotatable bonds is 4. The first-order valence-corrected chi connectivity index (χ1v) is 10.3. The minimum atomic E-state index is -2.86. The van der Waals surface area contributed by atoms with Crippen LogP contribution in [0.15, 0.2) is 36.4 Å². The fourth-order valence-corrected chi connectivity index (χ4v) is 3.92. The van der Waals surface area contributed by atoms with Gasteiger partial charge < -0.3 is 34.5 Å². The Kier molecular flexibility index (Phi) is 3.87. The monoisotopic (exact) mass is 457 g/mol. The van der Waals surface area contributed by atoms with Crippen molar-refractivity contribution >= 4 is 28.6 Å². The van der Waals surface area contributed by atoms with E-state index in [4.69, 9.17) is 32.9 Å². The van der Waals surface area contributed by atoms with Crippen LogP contribution in [-0.2, 0) is 4.79 Å². The summed E-state index contributed by atoms with van der Waals surface area (Å²) in [4.78, 5) is 25.4. The normalized spacial score (nSPS) is 21.2. The van der Waals surface area contributed by atoms with E-state index in [1.54, 1.807) is 17.0 Å². The lowest BCUT2D eigenvalue weighted by Crippen LogP contribution is -2.54. The van der Waals surface area contributed by atoms with E-state index in [1.165, 1.54) is 12.1 Å². The number of nitrogens with zero attached hydrogens (tertiary/aromatic N) is 4. The summed E-state index contributed by atoms with van der Waals surface area (Å²) in [7, 11) is -5.72. The number of hydrogen-bond acceptors (Lipinski definition) is 9. The number of fused-ring (bicyclic) bond motifs is 2. The molecule has 5 rings (SSSR count). The van der Waals surface area contributed by atoms with Crippen LogP contribution in [0.2, 0.25) is 0 Å². The zero-order valence-corrected chi connectivity index (χ0v) is 17.5. The summed E-state index contributed by atoms with van der Waals surface area (Å²) >= 11 is 0. The van der Waals surface area contributed by atoms with Gasteiger partial charge in [0.25, 0.3) is 5.91 Å². The number of carbonyl (C=O) groups excluding carboxylic acids is 1. The van der Waals surface area contributed by atoms with E-state index in [-0.39, 0.29) is 46.7 Å². The van der Waals surface area contributed by atoms with E-state index in [1.807, 2.05) is 17.0 Å². The molecule has 2 N–H and O–H groups in total. The van der Waals surface area contributed by atoms with Crippen LogP contribution in [0.1, 0.15) is 8.22 Å². The number of aromatic nitrogens is 2. The van der Waals surface area contributed by atoms with Gasteiger partial charge in [-0.25, -0.2) is 4.98 Å². The standard InChI is InChI=1S/C23H25N5O5/c1-30-18-11-14-15(12-19(18)31-2)25-23(26-21(14)24)28-9-7-27(8-10-28)22(29)20-13-32-16-5-3-4-6-17(16)33-20/h3-6,11-12,20H,7-10,13H2,1-2H3,(H2,24,25,26)/i1D3,2D3. The Labute approximate surface area is 199 Å². The van der Waals surface area contributed by atoms with Crippen molar-refractivity contribution in [3.05, 3.63) is 36.4 Å². The first kappa shape index (κ1) is 15.0. The fourth-order valence-electron chi connectivity index (χ4n) is 3.92. The molecule has 2 aliphatic rings. The second-order valence-corrected chi connectivity index (χ2v) is 7.61. The highest BCUT2D eigenvalue weighted by Gasteiger charge is 2.33. The Bertz CT molecular complexity index is 1390. The van der Waals surface area contributed by atoms with Gasteiger partial charge in [-0.2, -0.15) is 4.98 Å². The summed E-state index contributed by atoms with van der Waals surface area (Å²) in [6.45, 7) is 1.68. The van der Waals surface area contributed by atoms with E-state index in [0.29, 0.717) is 37.7 Å². The van der Waals surface area contributed by atoms with Crippen LogP contribution in [-0.4, -0.2) is 73.7 Å². The first-order chi connectivity index (χ1) is 18.4. The van der Waals surface area contributed by atoms with E-state index in [9.17, 15) is 4.79 Å². The summed E-state index contributed by atoms with van der Waals surface area (Å²) in [5.74, 6) is 0.589. The van der Waals surface area contributed by atoms with Crippen LogP contribution in [0.5, 0.6) is 23.0 Å². The highest BCUT2D eigenvalue weighted by Crippen LogP contribution is 2.34. The second-order valence-electron chi connectivity index (χ2n) is 7.61. The molecule has 10 nitrogen and oxygen atoms in total. The van der Waals surface area contributed by atoms with Gasteiger partial charge in [-0.05, 0) is 18.2 Å². The molecule has 1 atom stereocenters. The Morgan fingerprint density at radius 2 is 1.82 bits per heavy atom. The molecule has 0 saturated carbocycles. The smallest absolute Gasteiger partial charge is 0.267 e. The Morgan fingerprint density at radius 3 is 2.58 bits per heavy atom. The third-order valence-electron chi connectivity index (χ3n) is 5.66. The minimum absolute atomic E-state index is 0.0377. The highest BCUT2D eigenvalue weighted by molar-refractivity contribution is 5.91. The van der Waals surface area contributed by atoms with Crippen LogP contribution >= 0.6 is 0 Å². The number of nitrogen functional groups attached to an aromatic ring is 1. The summed E-state index contributed by atoms with van der Waals surface area (Å²) in [5.41, 5.74) is 6.40. The Morgan fingerprint density at radius 1 is 1.09 bits per heavy atom. The lowest BCUT2D eigenvalue weighted by molar-refractivity contribution is -0.141. The topological polar surface area (TPSA) is 112 Å². The van der Waals surface area contributed by atoms with Crippen molar-refractivity contribution in [3.8, 4) is 23.0 Å². The van der Waals surface area contributed by atoms with Gasteiger partial charge in [0.2, 0.25) is 12.1 Å². The fraction of sp³-hybridized carbons (Fsp3) is 0.348. The van der Waals surface area contributed by atoms with E-state index in [0.717, 1.165) is 0 Å². The molecule has 1 amide bonds. The number of nitrogens with two attached hydrogens (primary N) is 1. The number of piperazine rings is 1. The maximum atomic E-state index is 13.1. The first-order valence-electron chi connectivity index (χ1n) is 13.3.